The predicted octanol–water partition coefficient (Wildman–Crippen LogP) is 3.90. The summed E-state index contributed by atoms with van der Waals surface area (Å²) >= 11 is 12.1. The van der Waals surface area contributed by atoms with Gasteiger partial charge in [-0.3, -0.25) is 4.72 Å². The SMILES string of the molecule is CCOc1cc(Cl)c(S(=O)(=O)Nc2cc(C)ccn2)cc1Cl. The molecule has 0 amide bonds. The Labute approximate surface area is 139 Å². The Morgan fingerprint density at radius 1 is 1.23 bits per heavy atom. The van der Waals surface area contributed by atoms with Gasteiger partial charge in [0.05, 0.1) is 16.7 Å². The monoisotopic (exact) mass is 360 g/mol. The van der Waals surface area contributed by atoms with Crippen molar-refractivity contribution in [1.29, 1.82) is 0 Å². The van der Waals surface area contributed by atoms with Gasteiger partial charge in [-0.15, -0.1) is 0 Å². The molecule has 22 heavy (non-hydrogen) atoms. The number of hydrogen-bond donors (Lipinski definition) is 1. The van der Waals surface area contributed by atoms with Gasteiger partial charge in [0.25, 0.3) is 10.0 Å². The Hall–Kier alpha value is -1.50. The number of benzene rings is 1. The maximum Gasteiger partial charge on any atom is 0.264 e. The quantitative estimate of drug-likeness (QED) is 0.877. The molecule has 0 spiro atoms. The molecule has 1 heterocycles. The number of ether oxygens (including phenoxy) is 1. The number of rotatable bonds is 5. The number of halogens is 2. The van der Waals surface area contributed by atoms with Crippen molar-refractivity contribution < 1.29 is 13.2 Å². The van der Waals surface area contributed by atoms with E-state index in [1.807, 2.05) is 6.92 Å². The number of hydrogen-bond acceptors (Lipinski definition) is 4. The van der Waals surface area contributed by atoms with Gasteiger partial charge in [-0.2, -0.15) is 0 Å². The lowest BCUT2D eigenvalue weighted by Crippen LogP contribution is -2.14. The normalized spacial score (nSPS) is 11.3. The van der Waals surface area contributed by atoms with Crippen LogP contribution in [0.25, 0.3) is 0 Å². The molecule has 118 valence electrons. The number of nitrogens with zero attached hydrogens (tertiary/aromatic N) is 1. The topological polar surface area (TPSA) is 68.3 Å². The molecule has 8 heteroatoms. The lowest BCUT2D eigenvalue weighted by molar-refractivity contribution is 0.340. The van der Waals surface area contributed by atoms with Crippen molar-refractivity contribution in [3.63, 3.8) is 0 Å². The largest absolute Gasteiger partial charge is 0.492 e. The summed E-state index contributed by atoms with van der Waals surface area (Å²) in [4.78, 5) is 3.82. The Morgan fingerprint density at radius 3 is 2.59 bits per heavy atom. The first kappa shape index (κ1) is 16.9. The zero-order valence-electron chi connectivity index (χ0n) is 11.9. The second kappa shape index (κ2) is 6.73. The lowest BCUT2D eigenvalue weighted by Gasteiger charge is -2.12. The molecule has 0 bridgehead atoms. The molecule has 0 radical (unpaired) electrons. The van der Waals surface area contributed by atoms with E-state index >= 15 is 0 Å². The van der Waals surface area contributed by atoms with Crippen molar-refractivity contribution in [2.24, 2.45) is 0 Å². The maximum absolute atomic E-state index is 12.4. The summed E-state index contributed by atoms with van der Waals surface area (Å²) in [6, 6.07) is 6.01. The summed E-state index contributed by atoms with van der Waals surface area (Å²) in [5.74, 6) is 0.544. The summed E-state index contributed by atoms with van der Waals surface area (Å²) < 4.78 is 32.5. The molecular formula is C14H14Cl2N2O3S. The molecule has 0 aliphatic rings. The molecule has 0 aliphatic carbocycles. The molecule has 1 aromatic heterocycles. The van der Waals surface area contributed by atoms with E-state index in [1.54, 1.807) is 19.1 Å². The minimum atomic E-state index is -3.90. The van der Waals surface area contributed by atoms with Gasteiger partial charge < -0.3 is 4.74 Å². The lowest BCUT2D eigenvalue weighted by atomic mass is 10.3. The number of pyridine rings is 1. The highest BCUT2D eigenvalue weighted by Crippen LogP contribution is 2.34. The number of sulfonamides is 1. The number of anilines is 1. The Kier molecular flexibility index (Phi) is 5.16. The number of nitrogens with one attached hydrogen (secondary N) is 1. The molecule has 0 fully saturated rings. The smallest absolute Gasteiger partial charge is 0.264 e. The van der Waals surface area contributed by atoms with Gasteiger partial charge in [-0.05, 0) is 37.6 Å². The zero-order chi connectivity index (χ0) is 16.3. The van der Waals surface area contributed by atoms with Crippen LogP contribution in [0.5, 0.6) is 5.75 Å². The molecule has 0 aliphatic heterocycles. The Morgan fingerprint density at radius 2 is 1.95 bits per heavy atom. The average Bonchev–Trinajstić information content (AvgIpc) is 2.42. The van der Waals surface area contributed by atoms with Gasteiger partial charge in [0.15, 0.2) is 0 Å². The van der Waals surface area contributed by atoms with Gasteiger partial charge in [-0.25, -0.2) is 13.4 Å². The van der Waals surface area contributed by atoms with Crippen LogP contribution >= 0.6 is 23.2 Å². The van der Waals surface area contributed by atoms with E-state index in [2.05, 4.69) is 9.71 Å². The van der Waals surface area contributed by atoms with E-state index in [1.165, 1.54) is 18.3 Å². The van der Waals surface area contributed by atoms with Crippen LogP contribution in [-0.2, 0) is 10.0 Å². The van der Waals surface area contributed by atoms with E-state index < -0.39 is 10.0 Å². The first-order valence-electron chi connectivity index (χ1n) is 6.41. The fourth-order valence-corrected chi connectivity index (χ4v) is 3.59. The highest BCUT2D eigenvalue weighted by molar-refractivity contribution is 7.92. The Bertz CT molecular complexity index is 795. The van der Waals surface area contributed by atoms with Crippen LogP contribution in [0.3, 0.4) is 0 Å². The predicted molar refractivity (Wildman–Crippen MR) is 87.4 cm³/mol. The van der Waals surface area contributed by atoms with Crippen LogP contribution in [0, 0.1) is 6.92 Å². The summed E-state index contributed by atoms with van der Waals surface area (Å²) in [6.07, 6.45) is 1.51. The summed E-state index contributed by atoms with van der Waals surface area (Å²) in [6.45, 7) is 4.02. The Balaban J connectivity index is 2.39. The van der Waals surface area contributed by atoms with Crippen LogP contribution in [0.4, 0.5) is 5.82 Å². The van der Waals surface area contributed by atoms with E-state index in [0.29, 0.717) is 12.4 Å². The van der Waals surface area contributed by atoms with E-state index in [4.69, 9.17) is 27.9 Å². The summed E-state index contributed by atoms with van der Waals surface area (Å²) in [5.41, 5.74) is 0.878. The van der Waals surface area contributed by atoms with Crippen molar-refractivity contribution in [3.05, 3.63) is 46.1 Å². The molecule has 1 N–H and O–H groups in total. The van der Waals surface area contributed by atoms with Gasteiger partial charge in [0.2, 0.25) is 0 Å². The molecule has 0 atom stereocenters. The fourth-order valence-electron chi connectivity index (χ4n) is 1.77. The van der Waals surface area contributed by atoms with Crippen molar-refractivity contribution in [3.8, 4) is 5.75 Å². The van der Waals surface area contributed by atoms with E-state index in [0.717, 1.165) is 5.56 Å². The molecule has 1 aromatic carbocycles. The average molecular weight is 361 g/mol. The van der Waals surface area contributed by atoms with Crippen molar-refractivity contribution >= 4 is 39.0 Å². The van der Waals surface area contributed by atoms with E-state index in [-0.39, 0.29) is 20.8 Å². The second-order valence-electron chi connectivity index (χ2n) is 4.47. The third kappa shape index (κ3) is 3.82. The van der Waals surface area contributed by atoms with Crippen molar-refractivity contribution in [2.45, 2.75) is 18.7 Å². The zero-order valence-corrected chi connectivity index (χ0v) is 14.3. The van der Waals surface area contributed by atoms with Crippen LogP contribution in [0.2, 0.25) is 10.0 Å². The molecule has 0 unspecified atom stereocenters. The second-order valence-corrected chi connectivity index (χ2v) is 6.94. The van der Waals surface area contributed by atoms with Gasteiger partial charge in [0.1, 0.15) is 16.5 Å². The van der Waals surface area contributed by atoms with Crippen molar-refractivity contribution in [1.82, 2.24) is 4.98 Å². The number of aromatic nitrogens is 1. The standard InChI is InChI=1S/C14H14Cl2N2O3S/c1-3-21-12-7-11(16)13(8-10(12)15)22(19,20)18-14-6-9(2)4-5-17-14/h4-8H,3H2,1-2H3,(H,17,18). The highest BCUT2D eigenvalue weighted by Gasteiger charge is 2.21. The molecule has 0 saturated heterocycles. The summed E-state index contributed by atoms with van der Waals surface area (Å²) in [5, 5.41) is 0.192. The first-order chi connectivity index (χ1) is 10.3. The van der Waals surface area contributed by atoms with Crippen LogP contribution < -0.4 is 9.46 Å². The molecular weight excluding hydrogens is 347 g/mol. The molecule has 5 nitrogen and oxygen atoms in total. The summed E-state index contributed by atoms with van der Waals surface area (Å²) in [7, 11) is -3.90. The van der Waals surface area contributed by atoms with Crippen LogP contribution in [0.15, 0.2) is 35.4 Å². The number of aryl methyl sites for hydroxylation is 1. The van der Waals surface area contributed by atoms with Gasteiger partial charge in [-0.1, -0.05) is 23.2 Å². The molecule has 2 aromatic rings. The van der Waals surface area contributed by atoms with E-state index in [9.17, 15) is 8.42 Å². The fraction of sp³-hybridized carbons (Fsp3) is 0.214. The minimum absolute atomic E-state index is 0.0213. The minimum Gasteiger partial charge on any atom is -0.492 e. The van der Waals surface area contributed by atoms with Crippen LogP contribution in [0.1, 0.15) is 12.5 Å². The maximum atomic E-state index is 12.4. The van der Waals surface area contributed by atoms with Crippen LogP contribution in [-0.4, -0.2) is 20.0 Å². The van der Waals surface area contributed by atoms with Gasteiger partial charge in [0, 0.05) is 12.3 Å². The first-order valence-corrected chi connectivity index (χ1v) is 8.64. The third-order valence-corrected chi connectivity index (χ3v) is 4.84. The highest BCUT2D eigenvalue weighted by atomic mass is 35.5. The molecule has 2 rings (SSSR count). The molecule has 0 saturated carbocycles. The third-order valence-electron chi connectivity index (χ3n) is 2.73. The van der Waals surface area contributed by atoms with Gasteiger partial charge >= 0.3 is 0 Å². The van der Waals surface area contributed by atoms with Crippen molar-refractivity contribution in [2.75, 3.05) is 11.3 Å².